The van der Waals surface area contributed by atoms with Gasteiger partial charge in [0.1, 0.15) is 5.82 Å². The minimum absolute atomic E-state index is 0.209. The van der Waals surface area contributed by atoms with Crippen molar-refractivity contribution in [2.24, 2.45) is 0 Å². The maximum absolute atomic E-state index is 13.6. The Bertz CT molecular complexity index is 720. The first kappa shape index (κ1) is 18.2. The van der Waals surface area contributed by atoms with Gasteiger partial charge in [0, 0.05) is 50.7 Å². The molecule has 3 rings (SSSR count). The molecule has 1 aliphatic rings. The number of aromatic nitrogens is 2. The van der Waals surface area contributed by atoms with Crippen molar-refractivity contribution in [3.8, 4) is 0 Å². The van der Waals surface area contributed by atoms with Crippen LogP contribution in [0.3, 0.4) is 0 Å². The Labute approximate surface area is 151 Å². The Morgan fingerprint density at radius 1 is 1.19 bits per heavy atom. The molecule has 26 heavy (non-hydrogen) atoms. The average molecular weight is 359 g/mol. The van der Waals surface area contributed by atoms with E-state index in [1.54, 1.807) is 18.2 Å². The van der Waals surface area contributed by atoms with Crippen molar-refractivity contribution in [2.75, 3.05) is 44.7 Å². The van der Waals surface area contributed by atoms with E-state index in [0.717, 1.165) is 32.8 Å². The molecule has 1 amide bonds. The number of carbonyl (C=O) groups is 1. The lowest BCUT2D eigenvalue weighted by molar-refractivity contribution is 0.0383. The summed E-state index contributed by atoms with van der Waals surface area (Å²) in [5, 5.41) is 5.80. The molecule has 0 atom stereocenters. The predicted octanol–water partition coefficient (Wildman–Crippen LogP) is 1.29. The predicted molar refractivity (Wildman–Crippen MR) is 95.4 cm³/mol. The average Bonchev–Trinajstić information content (AvgIpc) is 2.68. The van der Waals surface area contributed by atoms with Gasteiger partial charge in [-0.2, -0.15) is 0 Å². The summed E-state index contributed by atoms with van der Waals surface area (Å²) in [7, 11) is 0. The van der Waals surface area contributed by atoms with E-state index in [1.807, 2.05) is 0 Å². The molecule has 0 radical (unpaired) electrons. The van der Waals surface area contributed by atoms with Gasteiger partial charge >= 0.3 is 0 Å². The van der Waals surface area contributed by atoms with E-state index in [4.69, 9.17) is 4.74 Å². The Balaban J connectivity index is 1.44. The topological polar surface area (TPSA) is 79.4 Å². The van der Waals surface area contributed by atoms with Crippen LogP contribution in [0.2, 0.25) is 0 Å². The molecule has 2 heterocycles. The maximum atomic E-state index is 13.6. The number of hydrogen-bond acceptors (Lipinski definition) is 6. The number of nitrogens with zero attached hydrogens (tertiary/aromatic N) is 3. The Hall–Kier alpha value is -2.58. The Morgan fingerprint density at radius 2 is 1.92 bits per heavy atom. The van der Waals surface area contributed by atoms with Gasteiger partial charge in [0.15, 0.2) is 0 Å². The molecule has 2 aromatic rings. The third-order valence-corrected chi connectivity index (χ3v) is 4.13. The molecule has 0 aliphatic carbocycles. The van der Waals surface area contributed by atoms with Crippen LogP contribution in [-0.4, -0.2) is 60.2 Å². The van der Waals surface area contributed by atoms with Crippen LogP contribution in [0.15, 0.2) is 36.7 Å². The number of rotatable bonds is 7. The van der Waals surface area contributed by atoms with Crippen LogP contribution in [0.25, 0.3) is 0 Å². The SMILES string of the molecule is O=C(NCCN1CCOCC1)c1cnc(NCc2ccccc2F)nc1. The van der Waals surface area contributed by atoms with E-state index in [2.05, 4.69) is 25.5 Å². The van der Waals surface area contributed by atoms with Crippen molar-refractivity contribution in [3.05, 3.63) is 53.6 Å². The van der Waals surface area contributed by atoms with Gasteiger partial charge < -0.3 is 15.4 Å². The summed E-state index contributed by atoms with van der Waals surface area (Å²) in [6.07, 6.45) is 2.92. The second kappa shape index (κ2) is 9.21. The van der Waals surface area contributed by atoms with Gasteiger partial charge in [0.2, 0.25) is 5.95 Å². The zero-order valence-corrected chi connectivity index (χ0v) is 14.4. The summed E-state index contributed by atoms with van der Waals surface area (Å²) >= 11 is 0. The first-order valence-electron chi connectivity index (χ1n) is 8.60. The second-order valence-electron chi connectivity index (χ2n) is 5.95. The quantitative estimate of drug-likeness (QED) is 0.776. The van der Waals surface area contributed by atoms with Crippen molar-refractivity contribution in [2.45, 2.75) is 6.54 Å². The highest BCUT2D eigenvalue weighted by Gasteiger charge is 2.11. The van der Waals surface area contributed by atoms with Gasteiger partial charge in [-0.05, 0) is 6.07 Å². The van der Waals surface area contributed by atoms with Crippen molar-refractivity contribution in [1.29, 1.82) is 0 Å². The Morgan fingerprint density at radius 3 is 2.65 bits per heavy atom. The molecule has 7 nitrogen and oxygen atoms in total. The third-order valence-electron chi connectivity index (χ3n) is 4.13. The van der Waals surface area contributed by atoms with Crippen LogP contribution in [0.1, 0.15) is 15.9 Å². The monoisotopic (exact) mass is 359 g/mol. The van der Waals surface area contributed by atoms with Gasteiger partial charge in [-0.25, -0.2) is 14.4 Å². The number of amides is 1. The number of halogens is 1. The minimum atomic E-state index is -0.281. The van der Waals surface area contributed by atoms with E-state index in [1.165, 1.54) is 18.5 Å². The van der Waals surface area contributed by atoms with Crippen molar-refractivity contribution in [3.63, 3.8) is 0 Å². The number of carbonyl (C=O) groups excluding carboxylic acids is 1. The number of morpholine rings is 1. The fraction of sp³-hybridized carbons (Fsp3) is 0.389. The normalized spacial score (nSPS) is 14.8. The summed E-state index contributed by atoms with van der Waals surface area (Å²) in [4.78, 5) is 22.6. The molecule has 0 bridgehead atoms. The fourth-order valence-corrected chi connectivity index (χ4v) is 2.61. The molecule has 1 saturated heterocycles. The molecule has 1 fully saturated rings. The van der Waals surface area contributed by atoms with E-state index in [-0.39, 0.29) is 18.3 Å². The molecule has 0 spiro atoms. The van der Waals surface area contributed by atoms with Gasteiger partial charge in [0.25, 0.3) is 5.91 Å². The zero-order valence-electron chi connectivity index (χ0n) is 14.4. The number of benzene rings is 1. The van der Waals surface area contributed by atoms with Gasteiger partial charge in [0.05, 0.1) is 18.8 Å². The number of nitrogens with one attached hydrogen (secondary N) is 2. The largest absolute Gasteiger partial charge is 0.379 e. The number of hydrogen-bond donors (Lipinski definition) is 2. The van der Waals surface area contributed by atoms with E-state index in [0.29, 0.717) is 23.6 Å². The summed E-state index contributed by atoms with van der Waals surface area (Å²) in [5.74, 6) is -0.145. The van der Waals surface area contributed by atoms with E-state index < -0.39 is 0 Å². The molecule has 0 saturated carbocycles. The molecule has 1 aromatic carbocycles. The lowest BCUT2D eigenvalue weighted by Crippen LogP contribution is -2.41. The number of anilines is 1. The summed E-state index contributed by atoms with van der Waals surface area (Å²) in [6, 6.07) is 6.51. The molecular weight excluding hydrogens is 337 g/mol. The molecule has 2 N–H and O–H groups in total. The van der Waals surface area contributed by atoms with Crippen LogP contribution < -0.4 is 10.6 Å². The van der Waals surface area contributed by atoms with E-state index in [9.17, 15) is 9.18 Å². The molecule has 0 unspecified atom stereocenters. The standard InChI is InChI=1S/C18H22FN5O2/c19-16-4-2-1-3-14(16)11-21-18-22-12-15(13-23-18)17(25)20-5-6-24-7-9-26-10-8-24/h1-4,12-13H,5-11H2,(H,20,25)(H,21,22,23). The molecular formula is C18H22FN5O2. The lowest BCUT2D eigenvalue weighted by atomic mass is 10.2. The van der Waals surface area contributed by atoms with Crippen molar-refractivity contribution < 1.29 is 13.9 Å². The summed E-state index contributed by atoms with van der Waals surface area (Å²) < 4.78 is 18.9. The second-order valence-corrected chi connectivity index (χ2v) is 5.95. The van der Waals surface area contributed by atoms with Crippen LogP contribution in [0, 0.1) is 5.82 Å². The number of ether oxygens (including phenoxy) is 1. The highest BCUT2D eigenvalue weighted by molar-refractivity contribution is 5.93. The highest BCUT2D eigenvalue weighted by Crippen LogP contribution is 2.08. The van der Waals surface area contributed by atoms with Gasteiger partial charge in [-0.3, -0.25) is 9.69 Å². The molecule has 138 valence electrons. The summed E-state index contributed by atoms with van der Waals surface area (Å²) in [6.45, 7) is 4.89. The van der Waals surface area contributed by atoms with Crippen LogP contribution >= 0.6 is 0 Å². The minimum Gasteiger partial charge on any atom is -0.379 e. The van der Waals surface area contributed by atoms with Crippen LogP contribution in [-0.2, 0) is 11.3 Å². The van der Waals surface area contributed by atoms with Crippen molar-refractivity contribution in [1.82, 2.24) is 20.2 Å². The highest BCUT2D eigenvalue weighted by atomic mass is 19.1. The van der Waals surface area contributed by atoms with Crippen molar-refractivity contribution >= 4 is 11.9 Å². The smallest absolute Gasteiger partial charge is 0.254 e. The van der Waals surface area contributed by atoms with Gasteiger partial charge in [-0.1, -0.05) is 18.2 Å². The van der Waals surface area contributed by atoms with Gasteiger partial charge in [-0.15, -0.1) is 0 Å². The third kappa shape index (κ3) is 5.21. The van der Waals surface area contributed by atoms with E-state index >= 15 is 0 Å². The molecule has 1 aromatic heterocycles. The molecule has 8 heteroatoms. The zero-order chi connectivity index (χ0) is 18.2. The summed E-state index contributed by atoms with van der Waals surface area (Å²) in [5.41, 5.74) is 0.921. The Kier molecular flexibility index (Phi) is 6.45. The first-order valence-corrected chi connectivity index (χ1v) is 8.60. The molecule has 1 aliphatic heterocycles. The van der Waals surface area contributed by atoms with Crippen LogP contribution in [0.4, 0.5) is 10.3 Å². The maximum Gasteiger partial charge on any atom is 0.254 e. The lowest BCUT2D eigenvalue weighted by Gasteiger charge is -2.26. The fourth-order valence-electron chi connectivity index (χ4n) is 2.61. The first-order chi connectivity index (χ1) is 12.7. The van der Waals surface area contributed by atoms with Crippen LogP contribution in [0.5, 0.6) is 0 Å².